The van der Waals surface area contributed by atoms with Gasteiger partial charge in [-0.05, 0) is 30.3 Å². The van der Waals surface area contributed by atoms with E-state index in [1.54, 1.807) is 18.2 Å². The van der Waals surface area contributed by atoms with Crippen LogP contribution in [-0.4, -0.2) is 20.9 Å². The van der Waals surface area contributed by atoms with Gasteiger partial charge in [0.05, 0.1) is 5.69 Å². The Balaban J connectivity index is 2.48. The van der Waals surface area contributed by atoms with Crippen LogP contribution in [0.15, 0.2) is 41.0 Å². The maximum absolute atomic E-state index is 12.6. The first-order valence-electron chi connectivity index (χ1n) is 5.61. The Labute approximate surface area is 125 Å². The number of aromatic nitrogens is 2. The number of carboxylic acids is 1. The molecule has 0 atom stereocenters. The first-order valence-corrected chi connectivity index (χ1v) is 6.40. The smallest absolute Gasteiger partial charge is 0.435 e. The third-order valence-electron chi connectivity index (χ3n) is 2.52. The van der Waals surface area contributed by atoms with Crippen LogP contribution in [0.3, 0.4) is 0 Å². The fraction of sp³-hybridized carbons (Fsp3) is 0.0769. The molecule has 0 aliphatic carbocycles. The van der Waals surface area contributed by atoms with E-state index in [1.807, 2.05) is 0 Å². The van der Waals surface area contributed by atoms with Crippen molar-refractivity contribution in [3.8, 4) is 5.69 Å². The van der Waals surface area contributed by atoms with E-state index in [0.717, 1.165) is 16.8 Å². The van der Waals surface area contributed by atoms with Crippen molar-refractivity contribution in [1.29, 1.82) is 0 Å². The van der Waals surface area contributed by atoms with Gasteiger partial charge in [-0.15, -0.1) is 0 Å². The lowest BCUT2D eigenvalue weighted by Gasteiger charge is -2.07. The highest BCUT2D eigenvalue weighted by Crippen LogP contribution is 2.29. The molecule has 21 heavy (non-hydrogen) atoms. The minimum Gasteiger partial charge on any atom is -0.478 e. The summed E-state index contributed by atoms with van der Waals surface area (Å²) < 4.78 is 39.4. The summed E-state index contributed by atoms with van der Waals surface area (Å²) in [6.07, 6.45) is -1.17. The van der Waals surface area contributed by atoms with E-state index in [-0.39, 0.29) is 0 Å². The molecule has 0 aliphatic rings. The van der Waals surface area contributed by atoms with Crippen LogP contribution in [0, 0.1) is 0 Å². The molecule has 1 N–H and O–H groups in total. The predicted octanol–water partition coefficient (Wildman–Crippen LogP) is 3.75. The van der Waals surface area contributed by atoms with Gasteiger partial charge in [0, 0.05) is 22.3 Å². The van der Waals surface area contributed by atoms with Crippen LogP contribution >= 0.6 is 15.9 Å². The molecular formula is C13H8BrF3N2O2. The number of nitrogens with zero attached hydrogens (tertiary/aromatic N) is 2. The molecule has 0 amide bonds. The molecule has 0 bridgehead atoms. The fourth-order valence-corrected chi connectivity index (χ4v) is 2.02. The summed E-state index contributed by atoms with van der Waals surface area (Å²) in [7, 11) is 0. The molecule has 0 saturated heterocycles. The maximum Gasteiger partial charge on any atom is 0.435 e. The summed E-state index contributed by atoms with van der Waals surface area (Å²) in [5.74, 6) is -1.16. The highest BCUT2D eigenvalue weighted by Gasteiger charge is 2.33. The van der Waals surface area contributed by atoms with Crippen LogP contribution in [0.4, 0.5) is 13.2 Å². The predicted molar refractivity (Wildman–Crippen MR) is 72.9 cm³/mol. The molecule has 0 aliphatic heterocycles. The number of hydrogen-bond acceptors (Lipinski definition) is 2. The van der Waals surface area contributed by atoms with Crippen molar-refractivity contribution >= 4 is 28.0 Å². The molecule has 0 unspecified atom stereocenters. The summed E-state index contributed by atoms with van der Waals surface area (Å²) in [6.45, 7) is 0. The van der Waals surface area contributed by atoms with Crippen molar-refractivity contribution in [3.63, 3.8) is 0 Å². The largest absolute Gasteiger partial charge is 0.478 e. The van der Waals surface area contributed by atoms with E-state index in [9.17, 15) is 18.0 Å². The normalized spacial score (nSPS) is 12.0. The molecule has 0 fully saturated rings. The van der Waals surface area contributed by atoms with Crippen LogP contribution in [0.5, 0.6) is 0 Å². The standard InChI is InChI=1S/C13H8BrF3N2O2/c14-9-2-3-10(8(7-9)1-4-12(20)21)19-6-5-11(18-19)13(15,16)17/h1-7H,(H,20,21)/b4-1+. The van der Waals surface area contributed by atoms with Gasteiger partial charge in [-0.25, -0.2) is 9.48 Å². The Bertz CT molecular complexity index is 708. The average Bonchev–Trinajstić information content (AvgIpc) is 2.85. The Morgan fingerprint density at radius 1 is 1.33 bits per heavy atom. The zero-order chi connectivity index (χ0) is 15.6. The number of benzene rings is 1. The van der Waals surface area contributed by atoms with Gasteiger partial charge in [0.1, 0.15) is 0 Å². The number of halogens is 4. The molecule has 4 nitrogen and oxygen atoms in total. The summed E-state index contributed by atoms with van der Waals surface area (Å²) in [6, 6.07) is 5.61. The van der Waals surface area contributed by atoms with Crippen molar-refractivity contribution in [2.24, 2.45) is 0 Å². The monoisotopic (exact) mass is 360 g/mol. The van der Waals surface area contributed by atoms with Crippen molar-refractivity contribution in [3.05, 3.63) is 52.3 Å². The van der Waals surface area contributed by atoms with Gasteiger partial charge >= 0.3 is 12.1 Å². The summed E-state index contributed by atoms with van der Waals surface area (Å²) in [5, 5.41) is 12.1. The maximum atomic E-state index is 12.6. The van der Waals surface area contributed by atoms with Gasteiger partial charge in [0.15, 0.2) is 5.69 Å². The molecule has 0 spiro atoms. The summed E-state index contributed by atoms with van der Waals surface area (Å²) in [4.78, 5) is 10.6. The van der Waals surface area contributed by atoms with E-state index in [0.29, 0.717) is 15.7 Å². The van der Waals surface area contributed by atoms with Crippen LogP contribution in [0.2, 0.25) is 0 Å². The van der Waals surface area contributed by atoms with E-state index in [4.69, 9.17) is 5.11 Å². The van der Waals surface area contributed by atoms with Crippen molar-refractivity contribution in [2.75, 3.05) is 0 Å². The SMILES string of the molecule is O=C(O)/C=C/c1cc(Br)ccc1-n1ccc(C(F)(F)F)n1. The second kappa shape index (κ2) is 5.72. The number of carbonyl (C=O) groups is 1. The Hall–Kier alpha value is -2.09. The van der Waals surface area contributed by atoms with E-state index in [1.165, 1.54) is 12.3 Å². The molecular weight excluding hydrogens is 353 g/mol. The zero-order valence-electron chi connectivity index (χ0n) is 10.3. The van der Waals surface area contributed by atoms with E-state index in [2.05, 4.69) is 21.0 Å². The van der Waals surface area contributed by atoms with Crippen molar-refractivity contribution < 1.29 is 23.1 Å². The second-order valence-corrected chi connectivity index (χ2v) is 4.93. The fourth-order valence-electron chi connectivity index (χ4n) is 1.64. The minimum absolute atomic E-state index is 0.339. The number of hydrogen-bond donors (Lipinski definition) is 1. The molecule has 1 aromatic heterocycles. The summed E-state index contributed by atoms with van der Waals surface area (Å²) in [5.41, 5.74) is -0.256. The topological polar surface area (TPSA) is 55.1 Å². The Morgan fingerprint density at radius 3 is 2.62 bits per heavy atom. The number of aliphatic carboxylic acids is 1. The molecule has 0 saturated carbocycles. The highest BCUT2D eigenvalue weighted by atomic mass is 79.9. The third kappa shape index (κ3) is 3.72. The lowest BCUT2D eigenvalue weighted by atomic mass is 10.1. The lowest BCUT2D eigenvalue weighted by molar-refractivity contribution is -0.141. The van der Waals surface area contributed by atoms with Crippen LogP contribution in [0.1, 0.15) is 11.3 Å². The lowest BCUT2D eigenvalue weighted by Crippen LogP contribution is -2.07. The number of carboxylic acid groups (broad SMARTS) is 1. The quantitative estimate of drug-likeness (QED) is 0.848. The van der Waals surface area contributed by atoms with Gasteiger partial charge in [0.2, 0.25) is 0 Å². The Kier molecular flexibility index (Phi) is 4.17. The minimum atomic E-state index is -4.53. The zero-order valence-corrected chi connectivity index (χ0v) is 11.9. The average molecular weight is 361 g/mol. The van der Waals surface area contributed by atoms with E-state index < -0.39 is 17.8 Å². The van der Waals surface area contributed by atoms with Gasteiger partial charge in [-0.1, -0.05) is 15.9 Å². The van der Waals surface area contributed by atoms with Gasteiger partial charge in [-0.3, -0.25) is 0 Å². The van der Waals surface area contributed by atoms with E-state index >= 15 is 0 Å². The number of alkyl halides is 3. The van der Waals surface area contributed by atoms with Gasteiger partial charge < -0.3 is 5.11 Å². The second-order valence-electron chi connectivity index (χ2n) is 4.02. The van der Waals surface area contributed by atoms with Crippen LogP contribution in [0.25, 0.3) is 11.8 Å². The molecule has 1 heterocycles. The number of rotatable bonds is 3. The summed E-state index contributed by atoms with van der Waals surface area (Å²) >= 11 is 3.22. The molecule has 2 rings (SSSR count). The van der Waals surface area contributed by atoms with Crippen LogP contribution < -0.4 is 0 Å². The first kappa shape index (κ1) is 15.3. The van der Waals surface area contributed by atoms with Crippen molar-refractivity contribution in [1.82, 2.24) is 9.78 Å². The molecule has 2 aromatic rings. The first-order chi connectivity index (χ1) is 9.77. The molecule has 1 aromatic carbocycles. The van der Waals surface area contributed by atoms with Gasteiger partial charge in [0.25, 0.3) is 0 Å². The molecule has 8 heteroatoms. The van der Waals surface area contributed by atoms with Crippen LogP contribution in [-0.2, 0) is 11.0 Å². The highest BCUT2D eigenvalue weighted by molar-refractivity contribution is 9.10. The van der Waals surface area contributed by atoms with Crippen molar-refractivity contribution in [2.45, 2.75) is 6.18 Å². The molecule has 110 valence electrons. The molecule has 0 radical (unpaired) electrons. The Morgan fingerprint density at radius 2 is 2.05 bits per heavy atom. The third-order valence-corrected chi connectivity index (χ3v) is 3.01. The van der Waals surface area contributed by atoms with Gasteiger partial charge in [-0.2, -0.15) is 18.3 Å².